The van der Waals surface area contributed by atoms with Gasteiger partial charge in [-0.2, -0.15) is 5.26 Å². The molecule has 1 radical (unpaired) electrons. The molecule has 0 spiro atoms. The van der Waals surface area contributed by atoms with E-state index in [0.29, 0.717) is 17.4 Å². The number of aromatic nitrogens is 1. The molecule has 3 heterocycles. The van der Waals surface area contributed by atoms with Crippen molar-refractivity contribution in [3.63, 3.8) is 0 Å². The van der Waals surface area contributed by atoms with Gasteiger partial charge < -0.3 is 20.3 Å². The fourth-order valence-corrected chi connectivity index (χ4v) is 2.76. The molecular weight excluding hydrogens is 439 g/mol. The van der Waals surface area contributed by atoms with Crippen LogP contribution in [0.2, 0.25) is 0 Å². The van der Waals surface area contributed by atoms with Crippen molar-refractivity contribution in [2.24, 2.45) is 0 Å². The summed E-state index contributed by atoms with van der Waals surface area (Å²) in [5, 5.41) is 24.8. The number of pyridine rings is 1. The number of anilines is 1. The Morgan fingerprint density at radius 2 is 2.30 bits per heavy atom. The maximum Gasteiger partial charge on any atom is 0.204 e. The van der Waals surface area contributed by atoms with Crippen LogP contribution in [0, 0.1) is 11.3 Å². The number of halogens is 1. The van der Waals surface area contributed by atoms with Crippen LogP contribution in [-0.4, -0.2) is 36.4 Å². The minimum Gasteiger partial charge on any atom is -0.661 e. The summed E-state index contributed by atoms with van der Waals surface area (Å²) in [5.41, 5.74) is 2.36. The molecular formula is C14H17BrN5O2Y-. The van der Waals surface area contributed by atoms with E-state index in [1.54, 1.807) is 17.7 Å². The molecule has 0 bridgehead atoms. The zero-order chi connectivity index (χ0) is 15.9. The van der Waals surface area contributed by atoms with Gasteiger partial charge in [0.2, 0.25) is 5.76 Å². The summed E-state index contributed by atoms with van der Waals surface area (Å²) < 4.78 is 6.18. The van der Waals surface area contributed by atoms with Crippen LogP contribution in [0.1, 0.15) is 18.6 Å². The van der Waals surface area contributed by atoms with Crippen molar-refractivity contribution >= 4 is 32.7 Å². The molecule has 1 aliphatic rings. The molecule has 0 amide bonds. The summed E-state index contributed by atoms with van der Waals surface area (Å²) in [7, 11) is 1.43. The number of nitrogens with one attached hydrogen (secondary N) is 2. The van der Waals surface area contributed by atoms with Crippen molar-refractivity contribution in [3.05, 3.63) is 27.8 Å². The van der Waals surface area contributed by atoms with E-state index in [-0.39, 0.29) is 32.7 Å². The summed E-state index contributed by atoms with van der Waals surface area (Å²) in [5.74, 6) is 1.07. The van der Waals surface area contributed by atoms with Gasteiger partial charge in [0.05, 0.1) is 10.7 Å². The second-order valence-electron chi connectivity index (χ2n) is 4.76. The van der Waals surface area contributed by atoms with Gasteiger partial charge in [0.15, 0.2) is 5.58 Å². The standard InChI is InChI=1S/C13H12BrN4O.CH5NO.Y/c14-12-10-4-9(5-15)19-11(10)7-17-13(12)18-8-2-1-3-16-6-8;1-2-3;/h4,7-8H,1-3,6H2,(H,17,18);2-3H,1H3;/q-1;;. The summed E-state index contributed by atoms with van der Waals surface area (Å²) in [6.07, 6.45) is 3.86. The van der Waals surface area contributed by atoms with Crippen LogP contribution in [0.3, 0.4) is 0 Å². The van der Waals surface area contributed by atoms with Crippen molar-refractivity contribution in [2.45, 2.75) is 18.9 Å². The van der Waals surface area contributed by atoms with E-state index < -0.39 is 0 Å². The Morgan fingerprint density at radius 3 is 2.91 bits per heavy atom. The first-order valence-corrected chi connectivity index (χ1v) is 7.67. The van der Waals surface area contributed by atoms with Crippen LogP contribution in [0.4, 0.5) is 5.82 Å². The second-order valence-corrected chi connectivity index (χ2v) is 5.55. The molecule has 1 unspecified atom stereocenters. The molecule has 3 N–H and O–H groups in total. The Morgan fingerprint density at radius 1 is 1.57 bits per heavy atom. The number of hydroxylamine groups is 1. The van der Waals surface area contributed by atoms with E-state index in [9.17, 15) is 0 Å². The van der Waals surface area contributed by atoms with E-state index in [2.05, 4.69) is 31.5 Å². The molecule has 0 aromatic carbocycles. The van der Waals surface area contributed by atoms with E-state index in [1.165, 1.54) is 7.05 Å². The molecule has 121 valence electrons. The third-order valence-corrected chi connectivity index (χ3v) is 3.99. The van der Waals surface area contributed by atoms with Crippen molar-refractivity contribution in [1.82, 2.24) is 10.5 Å². The minimum atomic E-state index is 0. The van der Waals surface area contributed by atoms with Gasteiger partial charge in [-0.25, -0.2) is 10.5 Å². The molecule has 1 atom stereocenters. The zero-order valence-corrected chi connectivity index (χ0v) is 17.1. The predicted molar refractivity (Wildman–Crippen MR) is 87.0 cm³/mol. The van der Waals surface area contributed by atoms with E-state index in [1.807, 2.05) is 6.07 Å². The maximum atomic E-state index is 8.85. The number of nitriles is 1. The second kappa shape index (κ2) is 10.3. The van der Waals surface area contributed by atoms with Crippen LogP contribution >= 0.6 is 15.9 Å². The Labute approximate surface area is 168 Å². The van der Waals surface area contributed by atoms with Crippen LogP contribution in [-0.2, 0) is 32.7 Å². The van der Waals surface area contributed by atoms with Gasteiger partial charge in [0.1, 0.15) is 11.9 Å². The topological polar surface area (TPSA) is 108 Å². The maximum absolute atomic E-state index is 8.85. The zero-order valence-electron chi connectivity index (χ0n) is 12.7. The summed E-state index contributed by atoms with van der Waals surface area (Å²) in [6.45, 7) is 1.78. The number of furan rings is 1. The normalized spacial score (nSPS) is 16.7. The number of rotatable bonds is 2. The fourth-order valence-electron chi connectivity index (χ4n) is 2.23. The first-order chi connectivity index (χ1) is 10.7. The average molecular weight is 456 g/mol. The molecule has 0 saturated carbocycles. The van der Waals surface area contributed by atoms with Gasteiger partial charge in [-0.3, -0.25) is 0 Å². The largest absolute Gasteiger partial charge is 0.661 e. The van der Waals surface area contributed by atoms with Gasteiger partial charge in [-0.1, -0.05) is 6.42 Å². The van der Waals surface area contributed by atoms with Gasteiger partial charge in [0.25, 0.3) is 0 Å². The van der Waals surface area contributed by atoms with Crippen molar-refractivity contribution in [2.75, 3.05) is 25.5 Å². The minimum absolute atomic E-state index is 0. The summed E-state index contributed by atoms with van der Waals surface area (Å²) >= 11 is 3.53. The molecule has 2 aromatic rings. The van der Waals surface area contributed by atoms with E-state index in [4.69, 9.17) is 14.9 Å². The summed E-state index contributed by atoms with van der Waals surface area (Å²) in [4.78, 5) is 4.35. The van der Waals surface area contributed by atoms with Gasteiger partial charge in [0, 0.05) is 57.3 Å². The van der Waals surface area contributed by atoms with Crippen molar-refractivity contribution in [3.8, 4) is 6.07 Å². The molecule has 3 rings (SSSR count). The van der Waals surface area contributed by atoms with Gasteiger partial charge in [-0.05, 0) is 22.4 Å². The van der Waals surface area contributed by atoms with Gasteiger partial charge >= 0.3 is 0 Å². The van der Waals surface area contributed by atoms with Crippen molar-refractivity contribution < 1.29 is 42.3 Å². The van der Waals surface area contributed by atoms with Crippen LogP contribution < -0.4 is 10.8 Å². The fraction of sp³-hybridized carbons (Fsp3) is 0.429. The van der Waals surface area contributed by atoms with Crippen LogP contribution in [0.5, 0.6) is 0 Å². The third-order valence-electron chi connectivity index (χ3n) is 3.19. The third kappa shape index (κ3) is 5.49. The van der Waals surface area contributed by atoms with E-state index in [0.717, 1.165) is 41.6 Å². The van der Waals surface area contributed by atoms with Gasteiger partial charge in [-0.15, -0.1) is 13.1 Å². The van der Waals surface area contributed by atoms with E-state index >= 15 is 0 Å². The number of piperidine rings is 1. The SMILES string of the molecule is CNO.N#Cc1cc2c(Br)c(NC3CCC[N-]C3)ncc2o1.[Y]. The quantitative estimate of drug-likeness (QED) is 0.600. The molecule has 23 heavy (non-hydrogen) atoms. The summed E-state index contributed by atoms with van der Waals surface area (Å²) in [6, 6.07) is 4.04. The predicted octanol–water partition coefficient (Wildman–Crippen LogP) is 3.00. The smallest absolute Gasteiger partial charge is 0.204 e. The molecule has 0 aliphatic carbocycles. The Balaban J connectivity index is 0.000000615. The molecule has 2 aromatic heterocycles. The first kappa shape index (κ1) is 20.5. The molecule has 7 nitrogen and oxygen atoms in total. The average Bonchev–Trinajstić information content (AvgIpc) is 2.96. The van der Waals surface area contributed by atoms with Crippen LogP contribution in [0.25, 0.3) is 16.3 Å². The molecule has 1 fully saturated rings. The Hall–Kier alpha value is -0.556. The Kier molecular flexibility index (Phi) is 9.21. The number of nitrogens with zero attached hydrogens (tertiary/aromatic N) is 3. The molecule has 1 aliphatic heterocycles. The molecule has 9 heteroatoms. The van der Waals surface area contributed by atoms with Crippen LogP contribution in [0.15, 0.2) is 21.2 Å². The number of fused-ring (bicyclic) bond motifs is 1. The number of hydrogen-bond acceptors (Lipinski definition) is 6. The van der Waals surface area contributed by atoms with Crippen molar-refractivity contribution in [1.29, 1.82) is 5.26 Å². The Bertz CT molecular complexity index is 667. The molecule has 1 saturated heterocycles. The monoisotopic (exact) mass is 455 g/mol. The number of hydrogen-bond donors (Lipinski definition) is 3. The first-order valence-electron chi connectivity index (χ1n) is 6.88.